The molecule has 0 N–H and O–H groups in total. The summed E-state index contributed by atoms with van der Waals surface area (Å²) in [6, 6.07) is 7.73. The molecule has 3 heterocycles. The summed E-state index contributed by atoms with van der Waals surface area (Å²) < 4.78 is 2.90. The van der Waals surface area contributed by atoms with Gasteiger partial charge in [-0.3, -0.25) is 9.36 Å². The minimum absolute atomic E-state index is 0.0109. The molecular weight excluding hydrogens is 352 g/mol. The summed E-state index contributed by atoms with van der Waals surface area (Å²) in [6.07, 6.45) is 1.72. The van der Waals surface area contributed by atoms with E-state index in [1.54, 1.807) is 36.5 Å². The van der Waals surface area contributed by atoms with Crippen LogP contribution in [0.5, 0.6) is 0 Å². The molecule has 0 bridgehead atoms. The molecule has 108 valence electrons. The first-order valence-corrected chi connectivity index (χ1v) is 7.94. The Morgan fingerprint density at radius 3 is 2.86 bits per heavy atom. The number of rotatable bonds is 3. The Bertz CT molecular complexity index is 808. The van der Waals surface area contributed by atoms with Crippen molar-refractivity contribution in [2.24, 2.45) is 0 Å². The average Bonchev–Trinajstić information content (AvgIpc) is 3.03. The minimum atomic E-state index is 0.0109. The zero-order chi connectivity index (χ0) is 15.0. The second-order valence-electron chi connectivity index (χ2n) is 4.76. The lowest BCUT2D eigenvalue weighted by molar-refractivity contribution is -0.129. The number of amides is 1. The number of likely N-dealkylation sites (N-methyl/N-ethyl adjacent to an activating group) is 1. The summed E-state index contributed by atoms with van der Waals surface area (Å²) in [5.41, 5.74) is 1.52. The molecule has 0 fully saturated rings. The van der Waals surface area contributed by atoms with Crippen LogP contribution in [-0.4, -0.2) is 39.4 Å². The van der Waals surface area contributed by atoms with Gasteiger partial charge in [-0.15, -0.1) is 11.3 Å². The van der Waals surface area contributed by atoms with E-state index in [0.29, 0.717) is 0 Å². The summed E-state index contributed by atoms with van der Waals surface area (Å²) in [5, 5.41) is 0. The molecule has 21 heavy (non-hydrogen) atoms. The number of hydrogen-bond donors (Lipinski definition) is 0. The number of carbonyl (C=O) groups excluding carboxylic acids is 1. The highest BCUT2D eigenvalue weighted by molar-refractivity contribution is 9.11. The molecule has 3 rings (SSSR count). The normalized spacial score (nSPS) is 11.0. The smallest absolute Gasteiger partial charge is 0.242 e. The van der Waals surface area contributed by atoms with Crippen LogP contribution in [0.25, 0.3) is 21.9 Å². The highest BCUT2D eigenvalue weighted by Crippen LogP contribution is 2.32. The quantitative estimate of drug-likeness (QED) is 0.717. The molecule has 0 unspecified atom stereocenters. The average molecular weight is 365 g/mol. The molecule has 0 saturated heterocycles. The molecule has 1 amide bonds. The van der Waals surface area contributed by atoms with Gasteiger partial charge in [-0.1, -0.05) is 0 Å². The summed E-state index contributed by atoms with van der Waals surface area (Å²) >= 11 is 5.05. The van der Waals surface area contributed by atoms with E-state index in [0.717, 1.165) is 25.7 Å². The maximum atomic E-state index is 12.1. The van der Waals surface area contributed by atoms with E-state index in [4.69, 9.17) is 0 Å². The van der Waals surface area contributed by atoms with Crippen LogP contribution < -0.4 is 0 Å². The van der Waals surface area contributed by atoms with Gasteiger partial charge < -0.3 is 4.90 Å². The van der Waals surface area contributed by atoms with Gasteiger partial charge in [0.05, 0.1) is 8.66 Å². The fourth-order valence-electron chi connectivity index (χ4n) is 2.01. The Balaban J connectivity index is 2.16. The molecule has 3 aromatic heterocycles. The Labute approximate surface area is 134 Å². The molecule has 0 radical (unpaired) electrons. The highest BCUT2D eigenvalue weighted by atomic mass is 79.9. The molecular formula is C14H13BrN4OS. The van der Waals surface area contributed by atoms with Gasteiger partial charge in [0.2, 0.25) is 5.91 Å². The van der Waals surface area contributed by atoms with Crippen LogP contribution in [0.2, 0.25) is 0 Å². The largest absolute Gasteiger partial charge is 0.347 e. The van der Waals surface area contributed by atoms with E-state index in [-0.39, 0.29) is 12.5 Å². The molecule has 0 aromatic carbocycles. The maximum Gasteiger partial charge on any atom is 0.242 e. The van der Waals surface area contributed by atoms with Crippen molar-refractivity contribution in [3.05, 3.63) is 34.2 Å². The fourth-order valence-corrected chi connectivity index (χ4v) is 3.39. The van der Waals surface area contributed by atoms with E-state index in [2.05, 4.69) is 25.9 Å². The zero-order valence-electron chi connectivity index (χ0n) is 11.6. The first kappa shape index (κ1) is 14.2. The standard InChI is InChI=1S/C14H13BrN4OS/c1-18(2)12(20)8-19-13-9(4-3-7-16-13)17-14(19)10-5-6-11(15)21-10/h3-7H,8H2,1-2H3. The third-order valence-electron chi connectivity index (χ3n) is 3.09. The van der Waals surface area contributed by atoms with Crippen molar-refractivity contribution in [1.82, 2.24) is 19.4 Å². The van der Waals surface area contributed by atoms with Crippen molar-refractivity contribution in [2.45, 2.75) is 6.54 Å². The molecule has 7 heteroatoms. The molecule has 0 aliphatic heterocycles. The Morgan fingerprint density at radius 2 is 2.19 bits per heavy atom. The number of halogens is 1. The van der Waals surface area contributed by atoms with E-state index in [1.165, 1.54) is 0 Å². The van der Waals surface area contributed by atoms with Gasteiger partial charge in [-0.05, 0) is 40.2 Å². The second-order valence-corrected chi connectivity index (χ2v) is 7.22. The molecule has 5 nitrogen and oxygen atoms in total. The number of hydrogen-bond acceptors (Lipinski definition) is 4. The summed E-state index contributed by atoms with van der Waals surface area (Å²) in [4.78, 5) is 23.7. The number of imidazole rings is 1. The van der Waals surface area contributed by atoms with Gasteiger partial charge >= 0.3 is 0 Å². The number of pyridine rings is 1. The predicted molar refractivity (Wildman–Crippen MR) is 87.2 cm³/mol. The number of nitrogens with zero attached hydrogens (tertiary/aromatic N) is 4. The van der Waals surface area contributed by atoms with Crippen molar-refractivity contribution in [3.63, 3.8) is 0 Å². The van der Waals surface area contributed by atoms with Crippen LogP contribution in [0, 0.1) is 0 Å². The Morgan fingerprint density at radius 1 is 1.38 bits per heavy atom. The SMILES string of the molecule is CN(C)C(=O)Cn1c(-c2ccc(Br)s2)nc2cccnc21. The van der Waals surface area contributed by atoms with Crippen LogP contribution in [-0.2, 0) is 11.3 Å². The van der Waals surface area contributed by atoms with Crippen LogP contribution in [0.1, 0.15) is 0 Å². The first-order valence-electron chi connectivity index (χ1n) is 6.33. The highest BCUT2D eigenvalue weighted by Gasteiger charge is 2.17. The van der Waals surface area contributed by atoms with Crippen LogP contribution >= 0.6 is 27.3 Å². The Kier molecular flexibility index (Phi) is 3.77. The molecule has 0 aliphatic rings. The fraction of sp³-hybridized carbons (Fsp3) is 0.214. The van der Waals surface area contributed by atoms with Crippen molar-refractivity contribution < 1.29 is 4.79 Å². The molecule has 3 aromatic rings. The van der Waals surface area contributed by atoms with E-state index in [9.17, 15) is 4.79 Å². The van der Waals surface area contributed by atoms with Gasteiger partial charge in [0.1, 0.15) is 12.1 Å². The van der Waals surface area contributed by atoms with Gasteiger partial charge in [0.25, 0.3) is 0 Å². The lowest BCUT2D eigenvalue weighted by Gasteiger charge is -2.12. The van der Waals surface area contributed by atoms with E-state index < -0.39 is 0 Å². The number of fused-ring (bicyclic) bond motifs is 1. The van der Waals surface area contributed by atoms with Crippen LogP contribution in [0.4, 0.5) is 0 Å². The number of aromatic nitrogens is 3. The molecule has 0 saturated carbocycles. The van der Waals surface area contributed by atoms with E-state index in [1.807, 2.05) is 28.8 Å². The molecule has 0 atom stereocenters. The number of carbonyl (C=O) groups is 1. The lowest BCUT2D eigenvalue weighted by Crippen LogP contribution is -2.26. The summed E-state index contributed by atoms with van der Waals surface area (Å²) in [7, 11) is 3.49. The Hall–Kier alpha value is -1.73. The van der Waals surface area contributed by atoms with Crippen molar-refractivity contribution >= 4 is 44.3 Å². The second kappa shape index (κ2) is 5.57. The third-order valence-corrected chi connectivity index (χ3v) is 4.71. The first-order chi connectivity index (χ1) is 10.1. The summed E-state index contributed by atoms with van der Waals surface area (Å²) in [5.74, 6) is 0.784. The van der Waals surface area contributed by atoms with Crippen molar-refractivity contribution in [3.8, 4) is 10.7 Å². The monoisotopic (exact) mass is 364 g/mol. The number of thiophene rings is 1. The van der Waals surface area contributed by atoms with E-state index >= 15 is 0 Å². The van der Waals surface area contributed by atoms with Gasteiger partial charge in [-0.25, -0.2) is 9.97 Å². The topological polar surface area (TPSA) is 51.0 Å². The summed E-state index contributed by atoms with van der Waals surface area (Å²) in [6.45, 7) is 0.228. The van der Waals surface area contributed by atoms with Gasteiger partial charge in [0, 0.05) is 20.3 Å². The van der Waals surface area contributed by atoms with Gasteiger partial charge in [0.15, 0.2) is 11.5 Å². The molecule has 0 aliphatic carbocycles. The van der Waals surface area contributed by atoms with Crippen LogP contribution in [0.15, 0.2) is 34.2 Å². The molecule has 0 spiro atoms. The lowest BCUT2D eigenvalue weighted by atomic mass is 10.4. The maximum absolute atomic E-state index is 12.1. The minimum Gasteiger partial charge on any atom is -0.347 e. The third kappa shape index (κ3) is 2.71. The van der Waals surface area contributed by atoms with Crippen molar-refractivity contribution in [1.29, 1.82) is 0 Å². The van der Waals surface area contributed by atoms with Crippen molar-refractivity contribution in [2.75, 3.05) is 14.1 Å². The zero-order valence-corrected chi connectivity index (χ0v) is 14.0. The van der Waals surface area contributed by atoms with Crippen LogP contribution in [0.3, 0.4) is 0 Å². The predicted octanol–water partition coefficient (Wildman–Crippen LogP) is 3.01. The van der Waals surface area contributed by atoms with Gasteiger partial charge in [-0.2, -0.15) is 0 Å².